The Morgan fingerprint density at radius 1 is 1.57 bits per heavy atom. The third-order valence-corrected chi connectivity index (χ3v) is 3.43. The van der Waals surface area contributed by atoms with Crippen LogP contribution in [-0.2, 0) is 16.1 Å². The maximum Gasteiger partial charge on any atom is 0.254 e. The minimum Gasteiger partial charge on any atom is -0.366 e. The molecule has 2 aromatic rings. The van der Waals surface area contributed by atoms with Crippen LogP contribution in [0.4, 0.5) is 5.69 Å². The monoisotopic (exact) mass is 310 g/mol. The lowest BCUT2D eigenvalue weighted by atomic mass is 10.2. The number of nitrogens with one attached hydrogen (secondary N) is 2. The van der Waals surface area contributed by atoms with E-state index in [2.05, 4.69) is 15.7 Å². The first-order valence-corrected chi connectivity index (χ1v) is 6.86. The average Bonchev–Trinajstić information content (AvgIpc) is 2.90. The van der Waals surface area contributed by atoms with Crippen LogP contribution in [0.2, 0.25) is 0 Å². The molecule has 6 nitrogen and oxygen atoms in total. The van der Waals surface area contributed by atoms with Crippen molar-refractivity contribution in [3.8, 4) is 0 Å². The van der Waals surface area contributed by atoms with Gasteiger partial charge in [-0.3, -0.25) is 9.48 Å². The molecule has 1 aromatic heterocycles. The standard InChI is InChI=1S/C14H18N4O2.ClH/c1-2-18-12-7-11(4-3-10(12)8-16-18)17-14(19)13-9-15-5-6-20-13;/h3-4,7-8,13,15H,2,5-6,9H2,1H3,(H,17,19);1H/t13-;/m1./s1. The first-order chi connectivity index (χ1) is 9.78. The zero-order valence-corrected chi connectivity index (χ0v) is 12.7. The van der Waals surface area contributed by atoms with Crippen LogP contribution in [-0.4, -0.2) is 41.5 Å². The lowest BCUT2D eigenvalue weighted by Crippen LogP contribution is -2.45. The number of carbonyl (C=O) groups excluding carboxylic acids is 1. The highest BCUT2D eigenvalue weighted by Crippen LogP contribution is 2.19. The van der Waals surface area contributed by atoms with Gasteiger partial charge in [-0.1, -0.05) is 0 Å². The summed E-state index contributed by atoms with van der Waals surface area (Å²) >= 11 is 0. The second-order valence-electron chi connectivity index (χ2n) is 4.79. The Morgan fingerprint density at radius 2 is 2.43 bits per heavy atom. The number of fused-ring (bicyclic) bond motifs is 1. The van der Waals surface area contributed by atoms with Crippen LogP contribution >= 0.6 is 12.4 Å². The van der Waals surface area contributed by atoms with Gasteiger partial charge in [-0.2, -0.15) is 5.10 Å². The number of morpholine rings is 1. The number of hydrogen-bond acceptors (Lipinski definition) is 4. The summed E-state index contributed by atoms with van der Waals surface area (Å²) in [4.78, 5) is 12.1. The number of nitrogens with zero attached hydrogens (tertiary/aromatic N) is 2. The largest absolute Gasteiger partial charge is 0.366 e. The van der Waals surface area contributed by atoms with Crippen molar-refractivity contribution in [1.82, 2.24) is 15.1 Å². The molecule has 0 unspecified atom stereocenters. The molecule has 0 bridgehead atoms. The Balaban J connectivity index is 0.00000161. The number of amides is 1. The Bertz CT molecular complexity index is 622. The SMILES string of the molecule is CCn1ncc2ccc(NC(=O)[C@H]3CNCCO3)cc21.Cl. The molecule has 0 saturated carbocycles. The van der Waals surface area contributed by atoms with Crippen molar-refractivity contribution in [1.29, 1.82) is 0 Å². The van der Waals surface area contributed by atoms with Crippen molar-refractivity contribution in [3.63, 3.8) is 0 Å². The molecule has 7 heteroatoms. The van der Waals surface area contributed by atoms with Crippen LogP contribution in [0.15, 0.2) is 24.4 Å². The van der Waals surface area contributed by atoms with Crippen LogP contribution in [0.3, 0.4) is 0 Å². The first kappa shape index (κ1) is 15.8. The Kier molecular flexibility index (Phi) is 5.17. The maximum absolute atomic E-state index is 12.1. The number of aromatic nitrogens is 2. The summed E-state index contributed by atoms with van der Waals surface area (Å²) in [6, 6.07) is 5.79. The van der Waals surface area contributed by atoms with Gasteiger partial charge < -0.3 is 15.4 Å². The Morgan fingerprint density at radius 3 is 3.14 bits per heavy atom. The minimum absolute atomic E-state index is 0. The third-order valence-electron chi connectivity index (χ3n) is 3.43. The molecule has 0 aliphatic carbocycles. The number of anilines is 1. The van der Waals surface area contributed by atoms with Crippen molar-refractivity contribution in [3.05, 3.63) is 24.4 Å². The topological polar surface area (TPSA) is 68.2 Å². The zero-order valence-electron chi connectivity index (χ0n) is 11.8. The van der Waals surface area contributed by atoms with E-state index in [4.69, 9.17) is 4.74 Å². The van der Waals surface area contributed by atoms with Gasteiger partial charge in [-0.05, 0) is 25.1 Å². The first-order valence-electron chi connectivity index (χ1n) is 6.86. The molecule has 2 heterocycles. The summed E-state index contributed by atoms with van der Waals surface area (Å²) in [6.45, 7) is 4.77. The lowest BCUT2D eigenvalue weighted by Gasteiger charge is -2.22. The number of benzene rings is 1. The molecule has 1 aliphatic rings. The fourth-order valence-electron chi connectivity index (χ4n) is 2.36. The molecule has 1 fully saturated rings. The van der Waals surface area contributed by atoms with Gasteiger partial charge in [0.25, 0.3) is 5.91 Å². The van der Waals surface area contributed by atoms with Crippen LogP contribution < -0.4 is 10.6 Å². The van der Waals surface area contributed by atoms with Crippen molar-refractivity contribution < 1.29 is 9.53 Å². The number of ether oxygens (including phenoxy) is 1. The van der Waals surface area contributed by atoms with Gasteiger partial charge in [-0.25, -0.2) is 0 Å². The van der Waals surface area contributed by atoms with E-state index in [-0.39, 0.29) is 18.3 Å². The summed E-state index contributed by atoms with van der Waals surface area (Å²) < 4.78 is 7.34. The predicted octanol–water partition coefficient (Wildman–Crippen LogP) is 1.40. The van der Waals surface area contributed by atoms with Gasteiger partial charge in [0.15, 0.2) is 0 Å². The van der Waals surface area contributed by atoms with Crippen LogP contribution in [0.25, 0.3) is 10.9 Å². The number of carbonyl (C=O) groups is 1. The number of rotatable bonds is 3. The van der Waals surface area contributed by atoms with Gasteiger partial charge >= 0.3 is 0 Å². The summed E-state index contributed by atoms with van der Waals surface area (Å²) in [6.07, 6.45) is 1.41. The molecule has 1 aromatic carbocycles. The van der Waals surface area contributed by atoms with Gasteiger partial charge in [0.2, 0.25) is 0 Å². The summed E-state index contributed by atoms with van der Waals surface area (Å²) in [7, 11) is 0. The normalized spacial score (nSPS) is 18.2. The molecule has 2 N–H and O–H groups in total. The van der Waals surface area contributed by atoms with Crippen molar-refractivity contribution >= 4 is 34.9 Å². The zero-order chi connectivity index (χ0) is 13.9. The predicted molar refractivity (Wildman–Crippen MR) is 83.9 cm³/mol. The molecule has 1 aliphatic heterocycles. The molecule has 0 radical (unpaired) electrons. The number of hydrogen-bond donors (Lipinski definition) is 2. The quantitative estimate of drug-likeness (QED) is 0.899. The summed E-state index contributed by atoms with van der Waals surface area (Å²) in [5, 5.41) is 11.4. The van der Waals surface area contributed by atoms with E-state index in [9.17, 15) is 4.79 Å². The van der Waals surface area contributed by atoms with Gasteiger partial charge in [-0.15, -0.1) is 12.4 Å². The van der Waals surface area contributed by atoms with E-state index >= 15 is 0 Å². The highest BCUT2D eigenvalue weighted by molar-refractivity contribution is 5.96. The molecular formula is C14H19ClN4O2. The van der Waals surface area contributed by atoms with Crippen molar-refractivity contribution in [2.45, 2.75) is 19.6 Å². The molecule has 114 valence electrons. The molecule has 1 amide bonds. The van der Waals surface area contributed by atoms with Crippen molar-refractivity contribution in [2.24, 2.45) is 0 Å². The molecule has 0 spiro atoms. The summed E-state index contributed by atoms with van der Waals surface area (Å²) in [5.41, 5.74) is 1.79. The fraction of sp³-hybridized carbons (Fsp3) is 0.429. The highest BCUT2D eigenvalue weighted by atomic mass is 35.5. The van der Waals surface area contributed by atoms with E-state index in [1.54, 1.807) is 0 Å². The van der Waals surface area contributed by atoms with E-state index in [1.807, 2.05) is 36.0 Å². The molecular weight excluding hydrogens is 292 g/mol. The highest BCUT2D eigenvalue weighted by Gasteiger charge is 2.21. The second kappa shape index (κ2) is 6.89. The molecule has 3 rings (SSSR count). The van der Waals surface area contributed by atoms with E-state index in [0.29, 0.717) is 13.2 Å². The average molecular weight is 311 g/mol. The number of halogens is 1. The molecule has 1 saturated heterocycles. The molecule has 1 atom stereocenters. The smallest absolute Gasteiger partial charge is 0.254 e. The fourth-order valence-corrected chi connectivity index (χ4v) is 2.36. The molecule has 21 heavy (non-hydrogen) atoms. The van der Waals surface area contributed by atoms with Gasteiger partial charge in [0, 0.05) is 30.7 Å². The van der Waals surface area contributed by atoms with Gasteiger partial charge in [0.1, 0.15) is 6.10 Å². The Hall–Kier alpha value is -1.63. The van der Waals surface area contributed by atoms with E-state index in [1.165, 1.54) is 0 Å². The Labute approximate surface area is 129 Å². The second-order valence-corrected chi connectivity index (χ2v) is 4.79. The summed E-state index contributed by atoms with van der Waals surface area (Å²) in [5.74, 6) is -0.112. The lowest BCUT2D eigenvalue weighted by molar-refractivity contribution is -0.128. The minimum atomic E-state index is -0.421. The van der Waals surface area contributed by atoms with E-state index in [0.717, 1.165) is 29.7 Å². The van der Waals surface area contributed by atoms with Crippen LogP contribution in [0.5, 0.6) is 0 Å². The van der Waals surface area contributed by atoms with Crippen LogP contribution in [0, 0.1) is 0 Å². The van der Waals surface area contributed by atoms with Crippen LogP contribution in [0.1, 0.15) is 6.92 Å². The van der Waals surface area contributed by atoms with E-state index < -0.39 is 6.10 Å². The third kappa shape index (κ3) is 3.34. The van der Waals surface area contributed by atoms with Gasteiger partial charge in [0.05, 0.1) is 18.3 Å². The maximum atomic E-state index is 12.1. The van der Waals surface area contributed by atoms with Crippen molar-refractivity contribution in [2.75, 3.05) is 25.0 Å². The number of aryl methyl sites for hydroxylation is 1.